The number of piperidine rings is 2. The van der Waals surface area contributed by atoms with E-state index in [4.69, 9.17) is 0 Å². The second-order valence-corrected chi connectivity index (χ2v) is 6.79. The third-order valence-corrected chi connectivity index (χ3v) is 4.93. The van der Waals surface area contributed by atoms with Gasteiger partial charge in [-0.3, -0.25) is 4.90 Å². The number of hydrogen-bond acceptors (Lipinski definition) is 2. The van der Waals surface area contributed by atoms with Gasteiger partial charge < -0.3 is 5.32 Å². The van der Waals surface area contributed by atoms with Crippen LogP contribution in [0.5, 0.6) is 0 Å². The standard InChI is InChI=1S/C15H30N2/c1-11-5-6-16-15(8-11)10-17-9-12(2)7-13(3)14(17)4/h11-16H,5-10H2,1-4H3. The molecule has 5 atom stereocenters. The molecule has 0 bridgehead atoms. The number of nitrogens with zero attached hydrogens (tertiary/aromatic N) is 1. The second kappa shape index (κ2) is 5.71. The Morgan fingerprint density at radius 2 is 1.82 bits per heavy atom. The van der Waals surface area contributed by atoms with Crippen LogP contribution in [0, 0.1) is 17.8 Å². The van der Waals surface area contributed by atoms with Gasteiger partial charge in [0.05, 0.1) is 0 Å². The molecule has 0 aliphatic carbocycles. The van der Waals surface area contributed by atoms with E-state index in [0.717, 1.165) is 29.8 Å². The SMILES string of the molecule is CC1CCNC(CN2CC(C)CC(C)C2C)C1. The molecule has 5 unspecified atom stereocenters. The van der Waals surface area contributed by atoms with E-state index in [1.165, 1.54) is 38.9 Å². The first-order chi connectivity index (χ1) is 8.06. The highest BCUT2D eigenvalue weighted by Gasteiger charge is 2.31. The van der Waals surface area contributed by atoms with Crippen molar-refractivity contribution in [1.82, 2.24) is 10.2 Å². The zero-order chi connectivity index (χ0) is 12.4. The maximum absolute atomic E-state index is 3.71. The second-order valence-electron chi connectivity index (χ2n) is 6.79. The van der Waals surface area contributed by atoms with E-state index in [0.29, 0.717) is 0 Å². The highest BCUT2D eigenvalue weighted by molar-refractivity contribution is 4.86. The summed E-state index contributed by atoms with van der Waals surface area (Å²) >= 11 is 0. The van der Waals surface area contributed by atoms with Crippen molar-refractivity contribution in [3.63, 3.8) is 0 Å². The molecule has 1 N–H and O–H groups in total. The van der Waals surface area contributed by atoms with Crippen LogP contribution in [0.4, 0.5) is 0 Å². The summed E-state index contributed by atoms with van der Waals surface area (Å²) in [6.45, 7) is 13.4. The minimum atomic E-state index is 0.735. The molecule has 2 aliphatic rings. The van der Waals surface area contributed by atoms with E-state index in [2.05, 4.69) is 37.9 Å². The van der Waals surface area contributed by atoms with Crippen LogP contribution in [0.15, 0.2) is 0 Å². The van der Waals surface area contributed by atoms with Crippen molar-refractivity contribution in [2.24, 2.45) is 17.8 Å². The van der Waals surface area contributed by atoms with Gasteiger partial charge in [-0.2, -0.15) is 0 Å². The molecule has 2 nitrogen and oxygen atoms in total. The molecule has 2 saturated heterocycles. The summed E-state index contributed by atoms with van der Waals surface area (Å²) in [6.07, 6.45) is 4.14. The molecule has 17 heavy (non-hydrogen) atoms. The normalized spacial score (nSPS) is 44.8. The van der Waals surface area contributed by atoms with Crippen LogP contribution in [-0.2, 0) is 0 Å². The van der Waals surface area contributed by atoms with Crippen LogP contribution < -0.4 is 5.32 Å². The summed E-state index contributed by atoms with van der Waals surface area (Å²) < 4.78 is 0. The molecule has 0 aromatic carbocycles. The average molecular weight is 238 g/mol. The topological polar surface area (TPSA) is 15.3 Å². The molecule has 0 spiro atoms. The zero-order valence-electron chi connectivity index (χ0n) is 12.1. The fourth-order valence-corrected chi connectivity index (χ4v) is 3.72. The molecule has 0 aromatic heterocycles. The average Bonchev–Trinajstić information content (AvgIpc) is 2.25. The Bertz CT molecular complexity index is 241. The highest BCUT2D eigenvalue weighted by Crippen LogP contribution is 2.27. The van der Waals surface area contributed by atoms with E-state index in [9.17, 15) is 0 Å². The van der Waals surface area contributed by atoms with E-state index in [1.807, 2.05) is 0 Å². The summed E-state index contributed by atoms with van der Waals surface area (Å²) in [5.41, 5.74) is 0. The quantitative estimate of drug-likeness (QED) is 0.796. The lowest BCUT2D eigenvalue weighted by Crippen LogP contribution is -2.52. The van der Waals surface area contributed by atoms with Crippen LogP contribution in [0.1, 0.15) is 47.0 Å². The number of likely N-dealkylation sites (tertiary alicyclic amines) is 1. The van der Waals surface area contributed by atoms with E-state index in [-0.39, 0.29) is 0 Å². The predicted octanol–water partition coefficient (Wildman–Crippen LogP) is 2.74. The molecule has 0 aromatic rings. The van der Waals surface area contributed by atoms with Crippen molar-refractivity contribution in [2.75, 3.05) is 19.6 Å². The van der Waals surface area contributed by atoms with Crippen LogP contribution in [0.2, 0.25) is 0 Å². The number of nitrogens with one attached hydrogen (secondary N) is 1. The lowest BCUT2D eigenvalue weighted by molar-refractivity contribution is 0.0642. The van der Waals surface area contributed by atoms with Gasteiger partial charge in [0, 0.05) is 25.2 Å². The fraction of sp³-hybridized carbons (Fsp3) is 1.00. The lowest BCUT2D eigenvalue weighted by Gasteiger charge is -2.43. The summed E-state index contributed by atoms with van der Waals surface area (Å²) in [5.74, 6) is 2.65. The Hall–Kier alpha value is -0.0800. The molecule has 2 fully saturated rings. The molecule has 2 heterocycles. The first-order valence-electron chi connectivity index (χ1n) is 7.53. The van der Waals surface area contributed by atoms with Crippen molar-refractivity contribution in [2.45, 2.75) is 59.0 Å². The van der Waals surface area contributed by atoms with Gasteiger partial charge in [-0.25, -0.2) is 0 Å². The van der Waals surface area contributed by atoms with Gasteiger partial charge in [0.2, 0.25) is 0 Å². The molecular weight excluding hydrogens is 208 g/mol. The van der Waals surface area contributed by atoms with Crippen LogP contribution >= 0.6 is 0 Å². The third-order valence-electron chi connectivity index (χ3n) is 4.93. The molecular formula is C15H30N2. The van der Waals surface area contributed by atoms with Gasteiger partial charge in [0.1, 0.15) is 0 Å². The van der Waals surface area contributed by atoms with Crippen LogP contribution in [0.3, 0.4) is 0 Å². The summed E-state index contributed by atoms with van der Waals surface area (Å²) in [7, 11) is 0. The Morgan fingerprint density at radius 1 is 1.06 bits per heavy atom. The zero-order valence-corrected chi connectivity index (χ0v) is 12.1. The van der Waals surface area contributed by atoms with E-state index in [1.54, 1.807) is 0 Å². The molecule has 2 rings (SSSR count). The Balaban J connectivity index is 1.88. The van der Waals surface area contributed by atoms with Gasteiger partial charge >= 0.3 is 0 Å². The maximum Gasteiger partial charge on any atom is 0.0197 e. The summed E-state index contributed by atoms with van der Waals surface area (Å²) in [6, 6.07) is 1.50. The Kier molecular flexibility index (Phi) is 4.48. The van der Waals surface area contributed by atoms with Crippen molar-refractivity contribution in [3.8, 4) is 0 Å². The maximum atomic E-state index is 3.71. The molecule has 2 aliphatic heterocycles. The molecule has 100 valence electrons. The van der Waals surface area contributed by atoms with Gasteiger partial charge in [-0.15, -0.1) is 0 Å². The Morgan fingerprint density at radius 3 is 2.53 bits per heavy atom. The van der Waals surface area contributed by atoms with Crippen molar-refractivity contribution < 1.29 is 0 Å². The van der Waals surface area contributed by atoms with Crippen molar-refractivity contribution >= 4 is 0 Å². The fourth-order valence-electron chi connectivity index (χ4n) is 3.72. The van der Waals surface area contributed by atoms with Crippen LogP contribution in [-0.4, -0.2) is 36.6 Å². The predicted molar refractivity (Wildman–Crippen MR) is 74.2 cm³/mol. The largest absolute Gasteiger partial charge is 0.313 e. The smallest absolute Gasteiger partial charge is 0.0197 e. The molecule has 2 heteroatoms. The first-order valence-corrected chi connectivity index (χ1v) is 7.53. The van der Waals surface area contributed by atoms with Crippen molar-refractivity contribution in [1.29, 1.82) is 0 Å². The van der Waals surface area contributed by atoms with Gasteiger partial charge in [0.25, 0.3) is 0 Å². The lowest BCUT2D eigenvalue weighted by atomic mass is 9.85. The highest BCUT2D eigenvalue weighted by atomic mass is 15.2. The molecule has 0 amide bonds. The minimum Gasteiger partial charge on any atom is -0.313 e. The Labute approximate surface area is 107 Å². The monoisotopic (exact) mass is 238 g/mol. The van der Waals surface area contributed by atoms with E-state index < -0.39 is 0 Å². The number of hydrogen-bond donors (Lipinski definition) is 1. The van der Waals surface area contributed by atoms with Gasteiger partial charge in [0.15, 0.2) is 0 Å². The van der Waals surface area contributed by atoms with Crippen LogP contribution in [0.25, 0.3) is 0 Å². The number of rotatable bonds is 2. The van der Waals surface area contributed by atoms with Crippen molar-refractivity contribution in [3.05, 3.63) is 0 Å². The summed E-state index contributed by atoms with van der Waals surface area (Å²) in [4.78, 5) is 2.73. The molecule has 0 radical (unpaired) electrons. The van der Waals surface area contributed by atoms with Gasteiger partial charge in [-0.05, 0) is 50.5 Å². The van der Waals surface area contributed by atoms with Gasteiger partial charge in [-0.1, -0.05) is 20.8 Å². The molecule has 0 saturated carbocycles. The minimum absolute atomic E-state index is 0.735. The first kappa shape index (κ1) is 13.4. The van der Waals surface area contributed by atoms with E-state index >= 15 is 0 Å². The third kappa shape index (κ3) is 3.45. The summed E-state index contributed by atoms with van der Waals surface area (Å²) in [5, 5.41) is 3.71.